The van der Waals surface area contributed by atoms with Gasteiger partial charge in [0.15, 0.2) is 0 Å². The lowest BCUT2D eigenvalue weighted by molar-refractivity contribution is 0.626. The van der Waals surface area contributed by atoms with Crippen LogP contribution in [0.1, 0.15) is 25.8 Å². The maximum Gasteiger partial charge on any atom is 0.225 e. The Kier molecular flexibility index (Phi) is 4.73. The fourth-order valence-corrected chi connectivity index (χ4v) is 3.74. The van der Waals surface area contributed by atoms with E-state index < -0.39 is 0 Å². The summed E-state index contributed by atoms with van der Waals surface area (Å²) < 4.78 is 1.19. The molecule has 2 heterocycles. The molecule has 28 heavy (non-hydrogen) atoms. The third-order valence-electron chi connectivity index (χ3n) is 4.05. The molecule has 0 spiro atoms. The number of anilines is 3. The molecule has 0 radical (unpaired) electrons. The lowest BCUT2D eigenvalue weighted by Gasteiger charge is -2.21. The molecular weight excluding hydrogens is 366 g/mol. The number of fused-ring (bicyclic) bond motifs is 1. The molecular formula is C22H23N5S. The van der Waals surface area contributed by atoms with Crippen LogP contribution in [0, 0.1) is 6.92 Å². The third-order valence-corrected chi connectivity index (χ3v) is 5.00. The van der Waals surface area contributed by atoms with Crippen LogP contribution >= 0.6 is 11.3 Å². The molecule has 0 saturated heterocycles. The zero-order chi connectivity index (χ0) is 19.7. The molecule has 0 aliphatic heterocycles. The van der Waals surface area contributed by atoms with E-state index in [0.29, 0.717) is 5.95 Å². The van der Waals surface area contributed by atoms with Crippen LogP contribution in [0.15, 0.2) is 54.6 Å². The highest BCUT2D eigenvalue weighted by Gasteiger charge is 2.14. The molecule has 5 nitrogen and oxygen atoms in total. The Balaban J connectivity index is 1.72. The maximum atomic E-state index is 4.71. The highest BCUT2D eigenvalue weighted by Crippen LogP contribution is 2.28. The highest BCUT2D eigenvalue weighted by atomic mass is 32.1. The van der Waals surface area contributed by atoms with E-state index in [9.17, 15) is 0 Å². The van der Waals surface area contributed by atoms with Gasteiger partial charge >= 0.3 is 0 Å². The number of aromatic nitrogens is 3. The van der Waals surface area contributed by atoms with Crippen LogP contribution in [0.3, 0.4) is 0 Å². The molecule has 2 aromatic heterocycles. The number of benzene rings is 2. The van der Waals surface area contributed by atoms with Crippen LogP contribution in [0.4, 0.5) is 17.5 Å². The van der Waals surface area contributed by atoms with Crippen molar-refractivity contribution in [2.75, 3.05) is 10.6 Å². The fourth-order valence-electron chi connectivity index (χ4n) is 2.93. The number of hydrogen-bond donors (Lipinski definition) is 2. The summed E-state index contributed by atoms with van der Waals surface area (Å²) in [6.07, 6.45) is 0. The van der Waals surface area contributed by atoms with Crippen molar-refractivity contribution in [2.24, 2.45) is 0 Å². The Morgan fingerprint density at radius 1 is 0.893 bits per heavy atom. The van der Waals surface area contributed by atoms with Gasteiger partial charge < -0.3 is 10.6 Å². The number of hydrogen-bond acceptors (Lipinski definition) is 6. The summed E-state index contributed by atoms with van der Waals surface area (Å²) >= 11 is 1.70. The Morgan fingerprint density at radius 2 is 1.68 bits per heavy atom. The number of thiazole rings is 1. The first-order valence-electron chi connectivity index (χ1n) is 9.23. The monoisotopic (exact) mass is 389 g/mol. The lowest BCUT2D eigenvalue weighted by atomic mass is 10.1. The smallest absolute Gasteiger partial charge is 0.225 e. The van der Waals surface area contributed by atoms with Crippen LogP contribution in [0.5, 0.6) is 0 Å². The second-order valence-electron chi connectivity index (χ2n) is 7.74. The van der Waals surface area contributed by atoms with Gasteiger partial charge in [-0.2, -0.15) is 4.98 Å². The minimum atomic E-state index is -0.135. The van der Waals surface area contributed by atoms with Crippen molar-refractivity contribution in [2.45, 2.75) is 33.2 Å². The topological polar surface area (TPSA) is 62.7 Å². The van der Waals surface area contributed by atoms with E-state index in [2.05, 4.69) is 71.7 Å². The number of nitrogens with one attached hydrogen (secondary N) is 2. The maximum absolute atomic E-state index is 4.71. The van der Waals surface area contributed by atoms with Crippen molar-refractivity contribution in [1.82, 2.24) is 15.0 Å². The van der Waals surface area contributed by atoms with Crippen molar-refractivity contribution >= 4 is 39.0 Å². The second-order valence-corrected chi connectivity index (χ2v) is 8.98. The predicted molar refractivity (Wildman–Crippen MR) is 118 cm³/mol. The van der Waals surface area contributed by atoms with Gasteiger partial charge in [-0.1, -0.05) is 30.3 Å². The number of aryl methyl sites for hydroxylation is 1. The average Bonchev–Trinajstić information content (AvgIpc) is 3.00. The van der Waals surface area contributed by atoms with Gasteiger partial charge in [-0.3, -0.25) is 0 Å². The van der Waals surface area contributed by atoms with Gasteiger partial charge in [-0.05, 0) is 45.9 Å². The molecule has 0 aliphatic carbocycles. The second kappa shape index (κ2) is 7.20. The van der Waals surface area contributed by atoms with E-state index in [0.717, 1.165) is 33.3 Å². The molecule has 0 bridgehead atoms. The van der Waals surface area contributed by atoms with Crippen molar-refractivity contribution in [3.8, 4) is 11.3 Å². The first-order chi connectivity index (χ1) is 13.4. The van der Waals surface area contributed by atoms with E-state index in [1.54, 1.807) is 11.3 Å². The quantitative estimate of drug-likeness (QED) is 0.447. The molecule has 142 valence electrons. The largest absolute Gasteiger partial charge is 0.350 e. The third kappa shape index (κ3) is 4.28. The van der Waals surface area contributed by atoms with Gasteiger partial charge in [0, 0.05) is 22.9 Å². The van der Waals surface area contributed by atoms with Crippen molar-refractivity contribution in [3.05, 3.63) is 59.6 Å². The molecule has 2 N–H and O–H groups in total. The van der Waals surface area contributed by atoms with Crippen LogP contribution in [0.25, 0.3) is 21.5 Å². The van der Waals surface area contributed by atoms with Gasteiger partial charge in [-0.15, -0.1) is 11.3 Å². The summed E-state index contributed by atoms with van der Waals surface area (Å²) in [4.78, 5) is 14.0. The minimum absolute atomic E-state index is 0.135. The first-order valence-corrected chi connectivity index (χ1v) is 10.0. The zero-order valence-corrected chi connectivity index (χ0v) is 17.3. The summed E-state index contributed by atoms with van der Waals surface area (Å²) in [6.45, 7) is 8.31. The molecule has 0 unspecified atom stereocenters. The molecule has 6 heteroatoms. The Labute approximate surface area is 168 Å². The molecule has 0 atom stereocenters. The van der Waals surface area contributed by atoms with Crippen molar-refractivity contribution < 1.29 is 0 Å². The van der Waals surface area contributed by atoms with Gasteiger partial charge in [0.05, 0.1) is 20.9 Å². The molecule has 2 aromatic carbocycles. The lowest BCUT2D eigenvalue weighted by Crippen LogP contribution is -2.27. The summed E-state index contributed by atoms with van der Waals surface area (Å²) in [5, 5.41) is 7.86. The standard InChI is InChI=1S/C22H23N5S/c1-14-23-18-12-16(10-11-19(18)28-14)24-20-13-17(15-8-6-5-7-9-15)25-21(26-20)27-22(2,3)4/h5-13H,1-4H3,(H2,24,25,26,27). The van der Waals surface area contributed by atoms with E-state index >= 15 is 0 Å². The summed E-state index contributed by atoms with van der Waals surface area (Å²) in [5.41, 5.74) is 3.74. The van der Waals surface area contributed by atoms with Crippen molar-refractivity contribution in [3.63, 3.8) is 0 Å². The predicted octanol–water partition coefficient (Wildman–Crippen LogP) is 6.02. The highest BCUT2D eigenvalue weighted by molar-refractivity contribution is 7.18. The van der Waals surface area contributed by atoms with Crippen molar-refractivity contribution in [1.29, 1.82) is 0 Å². The minimum Gasteiger partial charge on any atom is -0.350 e. The average molecular weight is 390 g/mol. The summed E-state index contributed by atoms with van der Waals surface area (Å²) in [5.74, 6) is 1.34. The van der Waals surface area contributed by atoms with E-state index in [-0.39, 0.29) is 5.54 Å². The molecule has 0 amide bonds. The molecule has 0 fully saturated rings. The van der Waals surface area contributed by atoms with E-state index in [4.69, 9.17) is 4.98 Å². The zero-order valence-electron chi connectivity index (χ0n) is 16.4. The molecule has 4 rings (SSSR count). The number of rotatable bonds is 4. The normalized spacial score (nSPS) is 11.6. The molecule has 0 saturated carbocycles. The Bertz CT molecular complexity index is 1110. The Hall–Kier alpha value is -2.99. The molecule has 4 aromatic rings. The van der Waals surface area contributed by atoms with Crippen LogP contribution in [-0.2, 0) is 0 Å². The first kappa shape index (κ1) is 18.4. The van der Waals surface area contributed by atoms with Crippen LogP contribution < -0.4 is 10.6 Å². The Morgan fingerprint density at radius 3 is 2.43 bits per heavy atom. The van der Waals surface area contributed by atoms with E-state index in [1.807, 2.05) is 31.2 Å². The fraction of sp³-hybridized carbons (Fsp3) is 0.227. The number of nitrogens with zero attached hydrogens (tertiary/aromatic N) is 3. The van der Waals surface area contributed by atoms with Gasteiger partial charge in [-0.25, -0.2) is 9.97 Å². The SMILES string of the molecule is Cc1nc2cc(Nc3cc(-c4ccccc4)nc(NC(C)(C)C)n3)ccc2s1. The summed E-state index contributed by atoms with van der Waals surface area (Å²) in [7, 11) is 0. The summed E-state index contributed by atoms with van der Waals surface area (Å²) in [6, 6.07) is 18.3. The van der Waals surface area contributed by atoms with Gasteiger partial charge in [0.25, 0.3) is 0 Å². The van der Waals surface area contributed by atoms with Gasteiger partial charge in [0.2, 0.25) is 5.95 Å². The molecule has 0 aliphatic rings. The van der Waals surface area contributed by atoms with E-state index in [1.165, 1.54) is 4.70 Å². The van der Waals surface area contributed by atoms with Crippen LogP contribution in [0.2, 0.25) is 0 Å². The van der Waals surface area contributed by atoms with Gasteiger partial charge in [0.1, 0.15) is 5.82 Å². The van der Waals surface area contributed by atoms with Crippen LogP contribution in [-0.4, -0.2) is 20.5 Å².